The molecule has 7 nitrogen and oxygen atoms in total. The second-order valence-electron chi connectivity index (χ2n) is 6.59. The van der Waals surface area contributed by atoms with Crippen molar-refractivity contribution in [3.63, 3.8) is 0 Å². The zero-order valence-corrected chi connectivity index (χ0v) is 18.3. The number of nitrogens with one attached hydrogen (secondary N) is 2. The Morgan fingerprint density at radius 2 is 1.87 bits per heavy atom. The van der Waals surface area contributed by atoms with Crippen LogP contribution in [-0.4, -0.2) is 43.7 Å². The van der Waals surface area contributed by atoms with Gasteiger partial charge in [0.25, 0.3) is 5.91 Å². The Bertz CT molecular complexity index is 1030. The number of benzene rings is 2. The van der Waals surface area contributed by atoms with Crippen LogP contribution in [0, 0.1) is 0 Å². The molecule has 8 heteroatoms. The number of aromatic nitrogens is 1. The van der Waals surface area contributed by atoms with E-state index in [-0.39, 0.29) is 18.2 Å². The second kappa shape index (κ2) is 11.2. The molecule has 0 aliphatic heterocycles. The summed E-state index contributed by atoms with van der Waals surface area (Å²) < 4.78 is 10.6. The van der Waals surface area contributed by atoms with E-state index in [9.17, 15) is 9.59 Å². The van der Waals surface area contributed by atoms with Gasteiger partial charge in [-0.05, 0) is 31.2 Å². The molecule has 2 aromatic carbocycles. The van der Waals surface area contributed by atoms with E-state index in [0.717, 1.165) is 16.3 Å². The lowest BCUT2D eigenvalue weighted by atomic mass is 10.1. The van der Waals surface area contributed by atoms with Crippen LogP contribution in [0.3, 0.4) is 0 Å². The van der Waals surface area contributed by atoms with Crippen LogP contribution < -0.4 is 15.4 Å². The Morgan fingerprint density at radius 1 is 1.10 bits per heavy atom. The van der Waals surface area contributed by atoms with Crippen molar-refractivity contribution >= 4 is 28.8 Å². The molecule has 1 heterocycles. The molecule has 2 N–H and O–H groups in total. The topological polar surface area (TPSA) is 89.5 Å². The van der Waals surface area contributed by atoms with E-state index in [1.807, 2.05) is 36.6 Å². The van der Waals surface area contributed by atoms with Gasteiger partial charge in [0, 0.05) is 19.0 Å². The molecule has 31 heavy (non-hydrogen) atoms. The summed E-state index contributed by atoms with van der Waals surface area (Å²) in [6, 6.07) is 14.6. The van der Waals surface area contributed by atoms with E-state index in [1.165, 1.54) is 11.3 Å². The molecule has 1 aromatic heterocycles. The fourth-order valence-corrected chi connectivity index (χ4v) is 3.80. The molecule has 0 saturated carbocycles. The molecule has 162 valence electrons. The van der Waals surface area contributed by atoms with E-state index >= 15 is 0 Å². The summed E-state index contributed by atoms with van der Waals surface area (Å²) >= 11 is 1.46. The average molecular weight is 440 g/mol. The van der Waals surface area contributed by atoms with E-state index in [0.29, 0.717) is 36.7 Å². The van der Waals surface area contributed by atoms with Crippen molar-refractivity contribution in [3.05, 3.63) is 65.2 Å². The number of hydrogen-bond donors (Lipinski definition) is 2. The predicted octanol–water partition coefficient (Wildman–Crippen LogP) is 3.77. The van der Waals surface area contributed by atoms with Gasteiger partial charge < -0.3 is 20.1 Å². The molecule has 0 aliphatic carbocycles. The van der Waals surface area contributed by atoms with Crippen molar-refractivity contribution < 1.29 is 19.1 Å². The normalized spacial score (nSPS) is 10.5. The van der Waals surface area contributed by atoms with Crippen LogP contribution in [0.5, 0.6) is 5.75 Å². The SMILES string of the molecule is CCOc1ccccc1-c1nc(CC(=O)Nc2ccccc2C(=O)NCCOC)cs1. The minimum absolute atomic E-state index is 0.104. The third-order valence-electron chi connectivity index (χ3n) is 4.35. The molecule has 0 unspecified atom stereocenters. The van der Waals surface area contributed by atoms with Crippen LogP contribution in [0.25, 0.3) is 10.6 Å². The highest BCUT2D eigenvalue weighted by Crippen LogP contribution is 2.32. The number of anilines is 1. The van der Waals surface area contributed by atoms with Crippen molar-refractivity contribution in [2.45, 2.75) is 13.3 Å². The lowest BCUT2D eigenvalue weighted by molar-refractivity contribution is -0.115. The molecule has 0 bridgehead atoms. The van der Waals surface area contributed by atoms with Crippen molar-refractivity contribution in [1.82, 2.24) is 10.3 Å². The maximum atomic E-state index is 12.6. The first-order valence-electron chi connectivity index (χ1n) is 9.95. The lowest BCUT2D eigenvalue weighted by Crippen LogP contribution is -2.28. The minimum atomic E-state index is -0.267. The second-order valence-corrected chi connectivity index (χ2v) is 7.45. The number of rotatable bonds is 10. The number of carbonyl (C=O) groups excluding carboxylic acids is 2. The quantitative estimate of drug-likeness (QED) is 0.470. The molecule has 3 rings (SSSR count). The summed E-state index contributed by atoms with van der Waals surface area (Å²) in [5.41, 5.74) is 2.42. The standard InChI is InChI=1S/C23H25N3O4S/c1-3-30-20-11-7-5-9-18(20)23-25-16(15-31-23)14-21(27)26-19-10-6-4-8-17(19)22(28)24-12-13-29-2/h4-11,15H,3,12-14H2,1-2H3,(H,24,28)(H,26,27). The molecular formula is C23H25N3O4S. The van der Waals surface area contributed by atoms with Gasteiger partial charge >= 0.3 is 0 Å². The van der Waals surface area contributed by atoms with Crippen LogP contribution >= 0.6 is 11.3 Å². The molecule has 0 saturated heterocycles. The van der Waals surface area contributed by atoms with Crippen LogP contribution in [-0.2, 0) is 16.0 Å². The van der Waals surface area contributed by atoms with Crippen LogP contribution in [0.15, 0.2) is 53.9 Å². The largest absolute Gasteiger partial charge is 0.493 e. The summed E-state index contributed by atoms with van der Waals surface area (Å²) in [6.07, 6.45) is 0.104. The van der Waals surface area contributed by atoms with Crippen molar-refractivity contribution in [2.75, 3.05) is 32.2 Å². The Kier molecular flexibility index (Phi) is 8.14. The molecular weight excluding hydrogens is 414 g/mol. The predicted molar refractivity (Wildman–Crippen MR) is 122 cm³/mol. The number of hydrogen-bond acceptors (Lipinski definition) is 6. The van der Waals surface area contributed by atoms with E-state index in [2.05, 4.69) is 15.6 Å². The first kappa shape index (κ1) is 22.5. The monoisotopic (exact) mass is 439 g/mol. The number of nitrogens with zero attached hydrogens (tertiary/aromatic N) is 1. The van der Waals surface area contributed by atoms with Gasteiger partial charge in [-0.2, -0.15) is 0 Å². The smallest absolute Gasteiger partial charge is 0.253 e. The summed E-state index contributed by atoms with van der Waals surface area (Å²) in [5, 5.41) is 8.24. The first-order valence-corrected chi connectivity index (χ1v) is 10.8. The van der Waals surface area contributed by atoms with Crippen molar-refractivity contribution in [3.8, 4) is 16.3 Å². The number of carbonyl (C=O) groups is 2. The Morgan fingerprint density at radius 3 is 2.68 bits per heavy atom. The third kappa shape index (κ3) is 6.13. The van der Waals surface area contributed by atoms with Gasteiger partial charge in [-0.25, -0.2) is 4.98 Å². The highest BCUT2D eigenvalue weighted by molar-refractivity contribution is 7.13. The van der Waals surface area contributed by atoms with Crippen molar-refractivity contribution in [1.29, 1.82) is 0 Å². The molecule has 0 atom stereocenters. The molecule has 0 radical (unpaired) electrons. The first-order chi connectivity index (χ1) is 15.1. The Hall–Kier alpha value is -3.23. The molecule has 0 aliphatic rings. The van der Waals surface area contributed by atoms with Gasteiger partial charge in [0.05, 0.1) is 42.1 Å². The van der Waals surface area contributed by atoms with Crippen LogP contribution in [0.4, 0.5) is 5.69 Å². The maximum absolute atomic E-state index is 12.6. The Balaban J connectivity index is 1.67. The van der Waals surface area contributed by atoms with Gasteiger partial charge in [0.2, 0.25) is 5.91 Å². The van der Waals surface area contributed by atoms with Gasteiger partial charge in [0.1, 0.15) is 10.8 Å². The van der Waals surface area contributed by atoms with Crippen molar-refractivity contribution in [2.24, 2.45) is 0 Å². The fourth-order valence-electron chi connectivity index (χ4n) is 2.95. The van der Waals surface area contributed by atoms with Crippen LogP contribution in [0.1, 0.15) is 23.0 Å². The summed E-state index contributed by atoms with van der Waals surface area (Å²) in [5.74, 6) is 0.257. The van der Waals surface area contributed by atoms with E-state index < -0.39 is 0 Å². The van der Waals surface area contributed by atoms with Crippen LogP contribution in [0.2, 0.25) is 0 Å². The number of amides is 2. The summed E-state index contributed by atoms with van der Waals surface area (Å²) in [6.45, 7) is 3.31. The molecule has 3 aromatic rings. The Labute approximate surface area is 185 Å². The highest BCUT2D eigenvalue weighted by Gasteiger charge is 2.15. The zero-order valence-electron chi connectivity index (χ0n) is 17.5. The average Bonchev–Trinajstić information content (AvgIpc) is 3.23. The van der Waals surface area contributed by atoms with Gasteiger partial charge in [0.15, 0.2) is 0 Å². The molecule has 2 amide bonds. The van der Waals surface area contributed by atoms with Gasteiger partial charge in [-0.15, -0.1) is 11.3 Å². The zero-order chi connectivity index (χ0) is 22.1. The third-order valence-corrected chi connectivity index (χ3v) is 5.27. The number of ether oxygens (including phenoxy) is 2. The summed E-state index contributed by atoms with van der Waals surface area (Å²) in [4.78, 5) is 29.6. The number of methoxy groups -OCH3 is 1. The maximum Gasteiger partial charge on any atom is 0.253 e. The summed E-state index contributed by atoms with van der Waals surface area (Å²) in [7, 11) is 1.57. The lowest BCUT2D eigenvalue weighted by Gasteiger charge is -2.11. The fraction of sp³-hybridized carbons (Fsp3) is 0.261. The highest BCUT2D eigenvalue weighted by atomic mass is 32.1. The number of para-hydroxylation sites is 2. The number of thiazole rings is 1. The van der Waals surface area contributed by atoms with E-state index in [4.69, 9.17) is 9.47 Å². The minimum Gasteiger partial charge on any atom is -0.493 e. The molecule has 0 spiro atoms. The van der Waals surface area contributed by atoms with Gasteiger partial charge in [-0.1, -0.05) is 24.3 Å². The van der Waals surface area contributed by atoms with E-state index in [1.54, 1.807) is 31.4 Å². The molecule has 0 fully saturated rings. The van der Waals surface area contributed by atoms with Gasteiger partial charge in [-0.3, -0.25) is 9.59 Å².